The SMILES string of the molecule is CC#N.CC(C)=O.O=C(O)/C=C/C(=O)O. The van der Waals surface area contributed by atoms with Gasteiger partial charge in [0.1, 0.15) is 5.78 Å². The van der Waals surface area contributed by atoms with Crippen molar-refractivity contribution in [1.29, 1.82) is 5.26 Å². The van der Waals surface area contributed by atoms with Gasteiger partial charge in [0, 0.05) is 19.1 Å². The normalized spacial score (nSPS) is 7.33. The van der Waals surface area contributed by atoms with Crippen molar-refractivity contribution >= 4 is 17.7 Å². The Labute approximate surface area is 87.4 Å². The molecule has 0 atom stereocenters. The van der Waals surface area contributed by atoms with Crippen LogP contribution in [0.2, 0.25) is 0 Å². The molecule has 15 heavy (non-hydrogen) atoms. The lowest BCUT2D eigenvalue weighted by molar-refractivity contribution is -0.134. The molecule has 0 aliphatic rings. The predicted octanol–water partition coefficient (Wildman–Crippen LogP) is 0.837. The van der Waals surface area contributed by atoms with Crippen molar-refractivity contribution in [2.75, 3.05) is 0 Å². The number of carbonyl (C=O) groups excluding carboxylic acids is 1. The minimum absolute atomic E-state index is 0.167. The second-order valence-corrected chi connectivity index (χ2v) is 2.14. The lowest BCUT2D eigenvalue weighted by Crippen LogP contribution is -1.91. The number of ketones is 1. The monoisotopic (exact) mass is 215 g/mol. The molecule has 0 saturated heterocycles. The maximum absolute atomic E-state index is 9.55. The number of carbonyl (C=O) groups is 3. The van der Waals surface area contributed by atoms with Crippen LogP contribution in [0.25, 0.3) is 0 Å². The van der Waals surface area contributed by atoms with Crippen LogP contribution in [0.1, 0.15) is 20.8 Å². The first-order valence-corrected chi connectivity index (χ1v) is 3.69. The number of Topliss-reactive ketones (excluding diaryl/α,β-unsaturated/α-hetero) is 1. The summed E-state index contributed by atoms with van der Waals surface area (Å²) in [5.41, 5.74) is 0. The number of rotatable bonds is 2. The molecule has 0 aliphatic heterocycles. The first-order chi connectivity index (χ1) is 6.77. The predicted molar refractivity (Wildman–Crippen MR) is 52.1 cm³/mol. The molecule has 0 aromatic heterocycles. The molecule has 0 aromatic rings. The Morgan fingerprint density at radius 3 is 1.27 bits per heavy atom. The molecule has 0 aliphatic carbocycles. The Bertz CT molecular complexity index is 255. The van der Waals surface area contributed by atoms with E-state index in [9.17, 15) is 14.4 Å². The maximum atomic E-state index is 9.55. The topological polar surface area (TPSA) is 115 Å². The zero-order valence-corrected chi connectivity index (χ0v) is 8.72. The summed E-state index contributed by atoms with van der Waals surface area (Å²) in [6.45, 7) is 4.49. The average molecular weight is 215 g/mol. The Morgan fingerprint density at radius 1 is 1.07 bits per heavy atom. The van der Waals surface area contributed by atoms with Gasteiger partial charge in [0.25, 0.3) is 0 Å². The molecule has 0 spiro atoms. The van der Waals surface area contributed by atoms with Gasteiger partial charge in [-0.05, 0) is 13.8 Å². The number of aliphatic carboxylic acids is 2. The highest BCUT2D eigenvalue weighted by Gasteiger charge is 1.88. The van der Waals surface area contributed by atoms with Gasteiger partial charge in [-0.1, -0.05) is 0 Å². The van der Waals surface area contributed by atoms with Gasteiger partial charge in [-0.25, -0.2) is 9.59 Å². The zero-order valence-electron chi connectivity index (χ0n) is 8.72. The second kappa shape index (κ2) is 14.4. The van der Waals surface area contributed by atoms with Crippen LogP contribution in [0.3, 0.4) is 0 Å². The van der Waals surface area contributed by atoms with Gasteiger partial charge >= 0.3 is 11.9 Å². The van der Waals surface area contributed by atoms with Crippen LogP contribution < -0.4 is 0 Å². The van der Waals surface area contributed by atoms with Gasteiger partial charge in [-0.3, -0.25) is 0 Å². The molecule has 0 radical (unpaired) electrons. The first kappa shape index (κ1) is 18.6. The van der Waals surface area contributed by atoms with Crippen LogP contribution in [-0.4, -0.2) is 27.9 Å². The fourth-order valence-electron chi connectivity index (χ4n) is 0.143. The highest BCUT2D eigenvalue weighted by molar-refractivity contribution is 5.89. The minimum Gasteiger partial charge on any atom is -0.478 e. The van der Waals surface area contributed by atoms with Crippen molar-refractivity contribution < 1.29 is 24.6 Å². The molecule has 0 unspecified atom stereocenters. The summed E-state index contributed by atoms with van der Waals surface area (Å²) >= 11 is 0. The smallest absolute Gasteiger partial charge is 0.328 e. The van der Waals surface area contributed by atoms with E-state index in [1.165, 1.54) is 20.8 Å². The molecule has 0 aromatic carbocycles. The molecule has 6 heteroatoms. The number of hydrogen-bond donors (Lipinski definition) is 2. The van der Waals surface area contributed by atoms with Gasteiger partial charge in [-0.15, -0.1) is 0 Å². The van der Waals surface area contributed by atoms with Crippen LogP contribution in [-0.2, 0) is 14.4 Å². The van der Waals surface area contributed by atoms with Crippen LogP contribution in [0.15, 0.2) is 12.2 Å². The minimum atomic E-state index is -1.26. The van der Waals surface area contributed by atoms with Crippen molar-refractivity contribution in [3.8, 4) is 6.07 Å². The third kappa shape index (κ3) is 142. The van der Waals surface area contributed by atoms with E-state index in [0.717, 1.165) is 0 Å². The summed E-state index contributed by atoms with van der Waals surface area (Å²) in [4.78, 5) is 28.6. The van der Waals surface area contributed by atoms with Gasteiger partial charge in [-0.2, -0.15) is 5.26 Å². The van der Waals surface area contributed by atoms with E-state index in [0.29, 0.717) is 12.2 Å². The Hall–Kier alpha value is -2.16. The zero-order chi connectivity index (χ0) is 12.9. The molecule has 6 nitrogen and oxygen atoms in total. The summed E-state index contributed by atoms with van der Waals surface area (Å²) in [6.07, 6.45) is 1.12. The summed E-state index contributed by atoms with van der Waals surface area (Å²) in [5.74, 6) is -2.35. The molecular weight excluding hydrogens is 202 g/mol. The Balaban J connectivity index is -0.000000173. The summed E-state index contributed by atoms with van der Waals surface area (Å²) in [6, 6.07) is 1.75. The van der Waals surface area contributed by atoms with E-state index in [4.69, 9.17) is 15.5 Å². The van der Waals surface area contributed by atoms with E-state index < -0.39 is 11.9 Å². The third-order valence-corrected chi connectivity index (χ3v) is 0.368. The van der Waals surface area contributed by atoms with E-state index in [2.05, 4.69) is 0 Å². The van der Waals surface area contributed by atoms with Crippen molar-refractivity contribution in [3.05, 3.63) is 12.2 Å². The van der Waals surface area contributed by atoms with Gasteiger partial charge in [0.15, 0.2) is 0 Å². The van der Waals surface area contributed by atoms with E-state index >= 15 is 0 Å². The largest absolute Gasteiger partial charge is 0.478 e. The number of nitriles is 1. The molecular formula is C9H13NO5. The lowest BCUT2D eigenvalue weighted by atomic mass is 10.5. The van der Waals surface area contributed by atoms with E-state index in [-0.39, 0.29) is 5.78 Å². The highest BCUT2D eigenvalue weighted by Crippen LogP contribution is 1.70. The number of carboxylic acid groups (broad SMARTS) is 2. The molecule has 2 N–H and O–H groups in total. The molecule has 0 amide bonds. The first-order valence-electron chi connectivity index (χ1n) is 3.69. The summed E-state index contributed by atoms with van der Waals surface area (Å²) < 4.78 is 0. The van der Waals surface area contributed by atoms with Crippen LogP contribution in [0.5, 0.6) is 0 Å². The van der Waals surface area contributed by atoms with Crippen LogP contribution in [0, 0.1) is 11.3 Å². The Morgan fingerprint density at radius 2 is 1.20 bits per heavy atom. The van der Waals surface area contributed by atoms with Gasteiger partial charge in [0.2, 0.25) is 0 Å². The summed E-state index contributed by atoms with van der Waals surface area (Å²) in [5, 5.41) is 22.9. The number of nitrogens with zero attached hydrogens (tertiary/aromatic N) is 1. The quantitative estimate of drug-likeness (QED) is 0.659. The molecule has 0 bridgehead atoms. The van der Waals surface area contributed by atoms with Crippen molar-refractivity contribution in [2.45, 2.75) is 20.8 Å². The fourth-order valence-corrected chi connectivity index (χ4v) is 0.143. The van der Waals surface area contributed by atoms with Crippen molar-refractivity contribution in [1.82, 2.24) is 0 Å². The van der Waals surface area contributed by atoms with Crippen molar-refractivity contribution in [3.63, 3.8) is 0 Å². The number of hydrogen-bond acceptors (Lipinski definition) is 4. The molecule has 0 fully saturated rings. The summed E-state index contributed by atoms with van der Waals surface area (Å²) in [7, 11) is 0. The van der Waals surface area contributed by atoms with E-state index in [1.54, 1.807) is 6.07 Å². The van der Waals surface area contributed by atoms with E-state index in [1.807, 2.05) is 0 Å². The standard InChI is InChI=1S/C4H4O4.C3H6O.C2H3N/c5-3(6)1-2-4(7)8;1-3(2)4;1-2-3/h1-2H,(H,5,6)(H,7,8);1-2H3;1H3/b2-1+;;. The highest BCUT2D eigenvalue weighted by atomic mass is 16.4. The second-order valence-electron chi connectivity index (χ2n) is 2.14. The lowest BCUT2D eigenvalue weighted by Gasteiger charge is -1.74. The molecule has 84 valence electrons. The maximum Gasteiger partial charge on any atom is 0.328 e. The molecule has 0 heterocycles. The fraction of sp³-hybridized carbons (Fsp3) is 0.333. The van der Waals surface area contributed by atoms with Crippen molar-refractivity contribution in [2.24, 2.45) is 0 Å². The third-order valence-electron chi connectivity index (χ3n) is 0.368. The van der Waals surface area contributed by atoms with Crippen LogP contribution in [0.4, 0.5) is 0 Å². The van der Waals surface area contributed by atoms with Gasteiger partial charge < -0.3 is 15.0 Å². The molecule has 0 saturated carbocycles. The van der Waals surface area contributed by atoms with Gasteiger partial charge in [0.05, 0.1) is 6.07 Å². The molecule has 0 rings (SSSR count). The van der Waals surface area contributed by atoms with Crippen LogP contribution >= 0.6 is 0 Å². The average Bonchev–Trinajstić information content (AvgIpc) is 2.01. The number of carboxylic acids is 2. The Kier molecular flexibility index (Phi) is 17.8.